The molecule has 5 aromatic rings. The first-order valence-corrected chi connectivity index (χ1v) is 17.9. The average molecular weight is 735 g/mol. The van der Waals surface area contributed by atoms with E-state index in [1.807, 2.05) is 100 Å². The second-order valence-corrected chi connectivity index (χ2v) is 13.7. The highest BCUT2D eigenvalue weighted by Crippen LogP contribution is 2.36. The lowest BCUT2D eigenvalue weighted by molar-refractivity contribution is -0.142. The molecule has 0 aliphatic rings. The Kier molecular flexibility index (Phi) is 13.2. The number of methoxy groups -OCH3 is 2. The fourth-order valence-corrected chi connectivity index (χ4v) is 5.74. The van der Waals surface area contributed by atoms with Gasteiger partial charge < -0.3 is 29.6 Å². The maximum Gasteiger partial charge on any atom is 0.307 e. The Labute approximate surface area is 314 Å². The monoisotopic (exact) mass is 734 g/mol. The number of pyridine rings is 2. The number of rotatable bonds is 16. The van der Waals surface area contributed by atoms with Crippen molar-refractivity contribution in [3.8, 4) is 11.5 Å². The van der Waals surface area contributed by atoms with Gasteiger partial charge in [-0.3, -0.25) is 19.2 Å². The Hall–Kier alpha value is -6.04. The van der Waals surface area contributed by atoms with Gasteiger partial charge in [-0.25, -0.2) is 9.97 Å². The number of nitrogens with zero attached hydrogens (tertiary/aromatic N) is 2. The van der Waals surface area contributed by atoms with E-state index in [2.05, 4.69) is 10.6 Å². The number of aromatic nitrogens is 2. The third-order valence-corrected chi connectivity index (χ3v) is 8.50. The van der Waals surface area contributed by atoms with Crippen LogP contribution in [0, 0.1) is 11.8 Å². The van der Waals surface area contributed by atoms with Crippen LogP contribution in [0.2, 0.25) is 0 Å². The molecule has 2 amide bonds. The summed E-state index contributed by atoms with van der Waals surface area (Å²) in [5.74, 6) is -0.970. The lowest BCUT2D eigenvalue weighted by Gasteiger charge is -2.20. The van der Waals surface area contributed by atoms with Gasteiger partial charge in [0.1, 0.15) is 33.9 Å². The second-order valence-electron chi connectivity index (χ2n) is 13.7. The fraction of sp³-hybridized carbons (Fsp3) is 0.333. The number of ether oxygens (including phenoxy) is 4. The van der Waals surface area contributed by atoms with E-state index in [0.717, 1.165) is 0 Å². The number of hydrogen-bond donors (Lipinski definition) is 2. The molecular formula is C42H46N4O8. The third-order valence-electron chi connectivity index (χ3n) is 8.50. The van der Waals surface area contributed by atoms with Gasteiger partial charge in [-0.05, 0) is 35.1 Å². The molecule has 12 heteroatoms. The molecule has 12 nitrogen and oxygen atoms in total. The zero-order valence-corrected chi connectivity index (χ0v) is 31.4. The minimum atomic E-state index is -0.705. The molecule has 2 aromatic heterocycles. The maximum atomic E-state index is 14.0. The zero-order chi connectivity index (χ0) is 38.8. The van der Waals surface area contributed by atoms with Gasteiger partial charge in [0.2, 0.25) is 0 Å². The summed E-state index contributed by atoms with van der Waals surface area (Å²) in [4.78, 5) is 62.4. The Bertz CT molecular complexity index is 1950. The highest BCUT2D eigenvalue weighted by atomic mass is 16.5. The Balaban J connectivity index is 1.65. The van der Waals surface area contributed by atoms with Crippen molar-refractivity contribution in [2.24, 2.45) is 11.8 Å². The van der Waals surface area contributed by atoms with Crippen LogP contribution in [0.4, 0.5) is 0 Å². The molecule has 0 saturated carbocycles. The summed E-state index contributed by atoms with van der Waals surface area (Å²) in [7, 11) is 2.59. The normalized spacial score (nSPS) is 12.3. The van der Waals surface area contributed by atoms with Gasteiger partial charge >= 0.3 is 11.9 Å². The molecule has 2 heterocycles. The number of carbonyl (C=O) groups is 4. The number of amides is 2. The molecule has 0 saturated heterocycles. The molecule has 0 fully saturated rings. The predicted molar refractivity (Wildman–Crippen MR) is 204 cm³/mol. The van der Waals surface area contributed by atoms with Crippen molar-refractivity contribution in [2.75, 3.05) is 27.4 Å². The Morgan fingerprint density at radius 3 is 1.28 bits per heavy atom. The minimum Gasteiger partial charge on any atom is -0.493 e. The van der Waals surface area contributed by atoms with E-state index in [1.165, 1.54) is 14.2 Å². The number of hydrogen-bond acceptors (Lipinski definition) is 10. The summed E-state index contributed by atoms with van der Waals surface area (Å²) in [6.45, 7) is 8.75. The number of nitrogens with one attached hydrogen (secondary N) is 2. The van der Waals surface area contributed by atoms with Crippen LogP contribution in [-0.2, 0) is 19.1 Å². The number of benzene rings is 3. The maximum absolute atomic E-state index is 14.0. The molecule has 3 aromatic carbocycles. The summed E-state index contributed by atoms with van der Waals surface area (Å²) in [5.41, 5.74) is 2.07. The molecular weight excluding hydrogens is 688 g/mol. The molecule has 0 aliphatic heterocycles. The first kappa shape index (κ1) is 39.2. The Morgan fingerprint density at radius 1 is 0.574 bits per heavy atom. The van der Waals surface area contributed by atoms with Gasteiger partial charge in [0.05, 0.1) is 52.4 Å². The zero-order valence-electron chi connectivity index (χ0n) is 31.4. The van der Waals surface area contributed by atoms with E-state index in [0.29, 0.717) is 57.6 Å². The first-order valence-electron chi connectivity index (χ1n) is 17.9. The number of carbonyl (C=O) groups excluding carboxylic acids is 4. The van der Waals surface area contributed by atoms with Crippen molar-refractivity contribution in [1.29, 1.82) is 0 Å². The molecule has 0 aliphatic carbocycles. The molecule has 2 N–H and O–H groups in total. The molecule has 282 valence electrons. The number of fused-ring (bicyclic) bond motifs is 3. The Morgan fingerprint density at radius 2 is 0.944 bits per heavy atom. The third kappa shape index (κ3) is 9.88. The van der Waals surface area contributed by atoms with Crippen LogP contribution in [0.1, 0.15) is 84.7 Å². The van der Waals surface area contributed by atoms with Crippen molar-refractivity contribution in [3.63, 3.8) is 0 Å². The van der Waals surface area contributed by atoms with Crippen LogP contribution in [0.25, 0.3) is 21.8 Å². The average Bonchev–Trinajstić information content (AvgIpc) is 3.18. The molecule has 54 heavy (non-hydrogen) atoms. The minimum absolute atomic E-state index is 0.0167. The molecule has 0 bridgehead atoms. The van der Waals surface area contributed by atoms with E-state index < -0.39 is 35.8 Å². The van der Waals surface area contributed by atoms with E-state index in [9.17, 15) is 19.2 Å². The standard InChI is InChI=1S/C42H46N4O8/c1-25(2)23-53-35-19-33(41(49)45-31(21-37(47)51-5)27-13-9-7-10-14-27)43-39-29(35)17-18-30-36(54-24-26(3)4)20-34(44-40(30)39)42(50)46-32(22-38(48)52-6)28-15-11-8-12-16-28/h7-20,25-26,31-32H,21-24H2,1-6H3,(H,45,49)(H,46,50)/t31-,32-/m0/s1. The van der Waals surface area contributed by atoms with Gasteiger partial charge in [0.15, 0.2) is 0 Å². The lowest BCUT2D eigenvalue weighted by atomic mass is 10.0. The van der Waals surface area contributed by atoms with Crippen LogP contribution in [0.5, 0.6) is 11.5 Å². The topological polar surface area (TPSA) is 155 Å². The lowest BCUT2D eigenvalue weighted by Crippen LogP contribution is -2.31. The van der Waals surface area contributed by atoms with Gasteiger partial charge in [-0.1, -0.05) is 88.4 Å². The van der Waals surface area contributed by atoms with Crippen molar-refractivity contribution in [2.45, 2.75) is 52.6 Å². The summed E-state index contributed by atoms with van der Waals surface area (Å²) < 4.78 is 22.3. The van der Waals surface area contributed by atoms with Gasteiger partial charge in [-0.15, -0.1) is 0 Å². The first-order chi connectivity index (χ1) is 26.0. The van der Waals surface area contributed by atoms with E-state index >= 15 is 0 Å². The summed E-state index contributed by atoms with van der Waals surface area (Å²) in [6.07, 6.45) is -0.202. The van der Waals surface area contributed by atoms with Crippen LogP contribution in [0.15, 0.2) is 84.9 Å². The van der Waals surface area contributed by atoms with Crippen LogP contribution < -0.4 is 20.1 Å². The van der Waals surface area contributed by atoms with Crippen LogP contribution in [-0.4, -0.2) is 61.2 Å². The van der Waals surface area contributed by atoms with Gasteiger partial charge in [0.25, 0.3) is 11.8 Å². The van der Waals surface area contributed by atoms with Gasteiger partial charge in [-0.2, -0.15) is 0 Å². The molecule has 0 spiro atoms. The van der Waals surface area contributed by atoms with Crippen molar-refractivity contribution >= 4 is 45.6 Å². The summed E-state index contributed by atoms with van der Waals surface area (Å²) >= 11 is 0. The van der Waals surface area contributed by atoms with Gasteiger partial charge in [0, 0.05) is 22.9 Å². The molecule has 2 atom stereocenters. The van der Waals surface area contributed by atoms with Crippen LogP contribution in [0.3, 0.4) is 0 Å². The van der Waals surface area contributed by atoms with Crippen molar-refractivity contribution < 1.29 is 38.1 Å². The summed E-state index contributed by atoms with van der Waals surface area (Å²) in [5, 5.41) is 7.03. The number of esters is 2. The van der Waals surface area contributed by atoms with Crippen LogP contribution >= 0.6 is 0 Å². The smallest absolute Gasteiger partial charge is 0.307 e. The fourth-order valence-electron chi connectivity index (χ4n) is 5.74. The quantitative estimate of drug-likeness (QED) is 0.0806. The highest BCUT2D eigenvalue weighted by Gasteiger charge is 2.25. The molecule has 5 rings (SSSR count). The van der Waals surface area contributed by atoms with E-state index in [-0.39, 0.29) is 36.1 Å². The summed E-state index contributed by atoms with van der Waals surface area (Å²) in [6, 6.07) is 23.6. The van der Waals surface area contributed by atoms with Crippen molar-refractivity contribution in [1.82, 2.24) is 20.6 Å². The predicted octanol–water partition coefficient (Wildman–Crippen LogP) is 6.92. The largest absolute Gasteiger partial charge is 0.493 e. The SMILES string of the molecule is COC(=O)C[C@H](NC(=O)c1cc(OCC(C)C)c2ccc3c(OCC(C)C)cc(C(=O)N[C@@H](CC(=O)OC)c4ccccc4)nc3c2n1)c1ccccc1. The van der Waals surface area contributed by atoms with Crippen molar-refractivity contribution in [3.05, 3.63) is 107 Å². The molecule has 0 radical (unpaired) electrons. The highest BCUT2D eigenvalue weighted by molar-refractivity contribution is 6.10. The van der Waals surface area contributed by atoms with E-state index in [4.69, 9.17) is 28.9 Å². The second kappa shape index (κ2) is 18.1. The van der Waals surface area contributed by atoms with E-state index in [1.54, 1.807) is 12.1 Å². The molecule has 0 unspecified atom stereocenters.